The van der Waals surface area contributed by atoms with E-state index in [1.165, 1.54) is 0 Å². The monoisotopic (exact) mass is 363 g/mol. The topological polar surface area (TPSA) is 88.8 Å². The first kappa shape index (κ1) is 17.1. The number of nitrogens with one attached hydrogen (secondary N) is 1. The van der Waals surface area contributed by atoms with Crippen molar-refractivity contribution in [1.82, 2.24) is 29.6 Å². The summed E-state index contributed by atoms with van der Waals surface area (Å²) in [6, 6.07) is 7.57. The first-order valence-electron chi connectivity index (χ1n) is 8.99. The Labute approximate surface area is 157 Å². The minimum atomic E-state index is 0.0619. The molecule has 0 atom stereocenters. The lowest BCUT2D eigenvalue weighted by Gasteiger charge is -2.28. The molecule has 0 saturated heterocycles. The maximum Gasteiger partial charge on any atom is 0.219 e. The van der Waals surface area contributed by atoms with Gasteiger partial charge in [0, 0.05) is 44.2 Å². The van der Waals surface area contributed by atoms with E-state index < -0.39 is 0 Å². The van der Waals surface area contributed by atoms with Crippen molar-refractivity contribution in [3.63, 3.8) is 0 Å². The summed E-state index contributed by atoms with van der Waals surface area (Å²) < 4.78 is 1.87. The Kier molecular flexibility index (Phi) is 4.78. The molecule has 0 radical (unpaired) electrons. The number of hydrogen-bond donors (Lipinski definition) is 1. The molecule has 1 aliphatic heterocycles. The van der Waals surface area contributed by atoms with Gasteiger partial charge in [-0.1, -0.05) is 6.07 Å². The van der Waals surface area contributed by atoms with Crippen LogP contribution in [0.15, 0.2) is 42.9 Å². The Morgan fingerprint density at radius 2 is 2.15 bits per heavy atom. The number of amides is 1. The van der Waals surface area contributed by atoms with Crippen LogP contribution in [0.1, 0.15) is 18.2 Å². The third-order valence-electron chi connectivity index (χ3n) is 4.60. The van der Waals surface area contributed by atoms with Crippen molar-refractivity contribution in [2.75, 3.05) is 18.4 Å². The molecule has 0 saturated carbocycles. The molecule has 0 spiro atoms. The molecule has 4 rings (SSSR count). The second-order valence-corrected chi connectivity index (χ2v) is 6.42. The van der Waals surface area contributed by atoms with Gasteiger partial charge in [-0.3, -0.25) is 14.5 Å². The molecular formula is C19H21N7O. The van der Waals surface area contributed by atoms with Gasteiger partial charge in [0.1, 0.15) is 11.5 Å². The molecule has 1 amide bonds. The number of carbonyl (C=O) groups is 1. The van der Waals surface area contributed by atoms with Crippen LogP contribution in [0.3, 0.4) is 0 Å². The van der Waals surface area contributed by atoms with Crippen LogP contribution >= 0.6 is 0 Å². The van der Waals surface area contributed by atoms with Gasteiger partial charge in [-0.25, -0.2) is 9.97 Å². The van der Waals surface area contributed by atoms with E-state index in [9.17, 15) is 4.79 Å². The highest BCUT2D eigenvalue weighted by molar-refractivity contribution is 5.74. The van der Waals surface area contributed by atoms with Crippen molar-refractivity contribution in [1.29, 1.82) is 0 Å². The number of rotatable bonds is 5. The van der Waals surface area contributed by atoms with Crippen LogP contribution in [-0.2, 0) is 24.3 Å². The average molecular weight is 363 g/mol. The van der Waals surface area contributed by atoms with Crippen LogP contribution in [0.5, 0.6) is 0 Å². The second-order valence-electron chi connectivity index (χ2n) is 6.42. The predicted octanol–water partition coefficient (Wildman–Crippen LogP) is 1.75. The Hall–Kier alpha value is -3.29. The minimum Gasteiger partial charge on any atom is -0.368 e. The average Bonchev–Trinajstić information content (AvgIpc) is 3.21. The number of anilines is 1. The fourth-order valence-electron chi connectivity index (χ4n) is 3.18. The number of aromatic nitrogens is 5. The standard InChI is InChI=1S/C19H21N7O/c1-14(27)25-11-6-15-17(13-25)23-19(16-5-2-3-7-20-16)24-18(15)21-9-12-26-10-4-8-22-26/h2-5,7-8,10H,6,9,11-13H2,1H3,(H,21,23,24). The fourth-order valence-corrected chi connectivity index (χ4v) is 3.18. The lowest BCUT2D eigenvalue weighted by Crippen LogP contribution is -2.35. The summed E-state index contributed by atoms with van der Waals surface area (Å²) in [5.41, 5.74) is 2.68. The molecule has 0 aliphatic carbocycles. The van der Waals surface area contributed by atoms with Crippen molar-refractivity contribution in [3.8, 4) is 11.5 Å². The fraction of sp³-hybridized carbons (Fsp3) is 0.316. The van der Waals surface area contributed by atoms with Crippen LogP contribution in [0.4, 0.5) is 5.82 Å². The quantitative estimate of drug-likeness (QED) is 0.743. The zero-order chi connectivity index (χ0) is 18.6. The lowest BCUT2D eigenvalue weighted by molar-refractivity contribution is -0.129. The third-order valence-corrected chi connectivity index (χ3v) is 4.60. The highest BCUT2D eigenvalue weighted by Crippen LogP contribution is 2.26. The van der Waals surface area contributed by atoms with Gasteiger partial charge < -0.3 is 10.2 Å². The van der Waals surface area contributed by atoms with E-state index in [-0.39, 0.29) is 5.91 Å². The molecule has 3 aromatic rings. The van der Waals surface area contributed by atoms with E-state index >= 15 is 0 Å². The summed E-state index contributed by atoms with van der Waals surface area (Å²) in [5, 5.41) is 7.64. The smallest absolute Gasteiger partial charge is 0.219 e. The summed E-state index contributed by atoms with van der Waals surface area (Å²) >= 11 is 0. The zero-order valence-corrected chi connectivity index (χ0v) is 15.2. The van der Waals surface area contributed by atoms with Crippen molar-refractivity contribution < 1.29 is 4.79 Å². The first-order chi connectivity index (χ1) is 13.2. The van der Waals surface area contributed by atoms with Crippen molar-refractivity contribution in [3.05, 3.63) is 54.1 Å². The Bertz CT molecular complexity index is 925. The Morgan fingerprint density at radius 1 is 1.22 bits per heavy atom. The van der Waals surface area contributed by atoms with Crippen LogP contribution in [0.25, 0.3) is 11.5 Å². The molecule has 4 heterocycles. The van der Waals surface area contributed by atoms with Crippen LogP contribution in [0.2, 0.25) is 0 Å². The SMILES string of the molecule is CC(=O)N1CCc2c(nc(-c3ccccn3)nc2NCCn2cccn2)C1. The number of pyridine rings is 1. The molecule has 8 heteroatoms. The predicted molar refractivity (Wildman–Crippen MR) is 101 cm³/mol. The Balaban J connectivity index is 1.64. The van der Waals surface area contributed by atoms with Gasteiger partial charge in [-0.15, -0.1) is 0 Å². The maximum absolute atomic E-state index is 11.8. The van der Waals surface area contributed by atoms with Crippen molar-refractivity contribution in [2.24, 2.45) is 0 Å². The van der Waals surface area contributed by atoms with E-state index in [0.717, 1.165) is 35.7 Å². The molecule has 0 aromatic carbocycles. The summed E-state index contributed by atoms with van der Waals surface area (Å²) in [6.45, 7) is 4.21. The molecule has 27 heavy (non-hydrogen) atoms. The number of nitrogens with zero attached hydrogens (tertiary/aromatic N) is 6. The normalized spacial score (nSPS) is 13.3. The maximum atomic E-state index is 11.8. The largest absolute Gasteiger partial charge is 0.368 e. The lowest BCUT2D eigenvalue weighted by atomic mass is 10.0. The number of hydrogen-bond acceptors (Lipinski definition) is 6. The van der Waals surface area contributed by atoms with E-state index in [2.05, 4.69) is 15.4 Å². The van der Waals surface area contributed by atoms with Gasteiger partial charge in [-0.2, -0.15) is 5.10 Å². The van der Waals surface area contributed by atoms with Gasteiger partial charge in [0.15, 0.2) is 5.82 Å². The van der Waals surface area contributed by atoms with Gasteiger partial charge in [0.05, 0.1) is 18.8 Å². The van der Waals surface area contributed by atoms with Crippen LogP contribution in [-0.4, -0.2) is 48.6 Å². The minimum absolute atomic E-state index is 0.0619. The molecule has 1 aliphatic rings. The molecule has 3 aromatic heterocycles. The summed E-state index contributed by atoms with van der Waals surface area (Å²) in [6.07, 6.45) is 6.16. The van der Waals surface area contributed by atoms with Gasteiger partial charge in [-0.05, 0) is 24.6 Å². The molecular weight excluding hydrogens is 342 g/mol. The second kappa shape index (κ2) is 7.53. The molecule has 0 unspecified atom stereocenters. The summed E-state index contributed by atoms with van der Waals surface area (Å²) in [5.74, 6) is 1.45. The highest BCUT2D eigenvalue weighted by Gasteiger charge is 2.24. The van der Waals surface area contributed by atoms with Crippen molar-refractivity contribution >= 4 is 11.7 Å². The molecule has 1 N–H and O–H groups in total. The third kappa shape index (κ3) is 3.79. The molecule has 0 fully saturated rings. The highest BCUT2D eigenvalue weighted by atomic mass is 16.2. The van der Waals surface area contributed by atoms with Gasteiger partial charge in [0.2, 0.25) is 5.91 Å². The zero-order valence-electron chi connectivity index (χ0n) is 15.2. The number of fused-ring (bicyclic) bond motifs is 1. The van der Waals surface area contributed by atoms with Gasteiger partial charge in [0.25, 0.3) is 0 Å². The van der Waals surface area contributed by atoms with Gasteiger partial charge >= 0.3 is 0 Å². The van der Waals surface area contributed by atoms with Crippen molar-refractivity contribution in [2.45, 2.75) is 26.4 Å². The van der Waals surface area contributed by atoms with Crippen LogP contribution < -0.4 is 5.32 Å². The Morgan fingerprint density at radius 3 is 2.89 bits per heavy atom. The first-order valence-corrected chi connectivity index (χ1v) is 8.99. The summed E-state index contributed by atoms with van der Waals surface area (Å²) in [4.78, 5) is 27.4. The van der Waals surface area contributed by atoms with E-state index in [0.29, 0.717) is 25.5 Å². The van der Waals surface area contributed by atoms with E-state index in [4.69, 9.17) is 9.97 Å². The van der Waals surface area contributed by atoms with E-state index in [1.807, 2.05) is 40.0 Å². The number of carbonyl (C=O) groups excluding carboxylic acids is 1. The van der Waals surface area contributed by atoms with E-state index in [1.54, 1.807) is 19.3 Å². The van der Waals surface area contributed by atoms with Crippen LogP contribution in [0, 0.1) is 0 Å². The summed E-state index contributed by atoms with van der Waals surface area (Å²) in [7, 11) is 0. The molecule has 0 bridgehead atoms. The molecule has 8 nitrogen and oxygen atoms in total. The molecule has 138 valence electrons.